The molecule has 0 saturated heterocycles. The normalized spacial score (nSPS) is 27.2. The molecule has 4 saturated carbocycles. The number of carbonyl (C=O) groups excluding carboxylic acids is 2. The first-order valence-electron chi connectivity index (χ1n) is 11.8. The Labute approximate surface area is 199 Å². The highest BCUT2D eigenvalue weighted by molar-refractivity contribution is 8.00. The molecular formula is C27H31NO4S. The predicted octanol–water partition coefficient (Wildman–Crippen LogP) is 5.23. The third-order valence-corrected chi connectivity index (χ3v) is 8.51. The zero-order valence-corrected chi connectivity index (χ0v) is 19.9. The van der Waals surface area contributed by atoms with Crippen LogP contribution >= 0.6 is 11.8 Å². The van der Waals surface area contributed by atoms with Gasteiger partial charge in [0, 0.05) is 10.4 Å². The number of rotatable bonds is 8. The maximum absolute atomic E-state index is 12.9. The molecule has 4 bridgehead atoms. The van der Waals surface area contributed by atoms with Crippen LogP contribution in [0.3, 0.4) is 0 Å². The lowest BCUT2D eigenvalue weighted by molar-refractivity contribution is -0.124. The van der Waals surface area contributed by atoms with E-state index in [9.17, 15) is 9.59 Å². The van der Waals surface area contributed by atoms with E-state index in [0.29, 0.717) is 11.3 Å². The van der Waals surface area contributed by atoms with Gasteiger partial charge in [0.15, 0.2) is 0 Å². The fourth-order valence-electron chi connectivity index (χ4n) is 6.45. The number of methoxy groups -OCH3 is 1. The zero-order valence-electron chi connectivity index (χ0n) is 19.0. The van der Waals surface area contributed by atoms with Gasteiger partial charge >= 0.3 is 5.97 Å². The first-order chi connectivity index (χ1) is 16.0. The Morgan fingerprint density at radius 1 is 0.970 bits per heavy atom. The molecule has 1 N–H and O–H groups in total. The van der Waals surface area contributed by atoms with Crippen LogP contribution in [0.2, 0.25) is 0 Å². The molecule has 0 atom stereocenters. The van der Waals surface area contributed by atoms with Crippen molar-refractivity contribution in [1.29, 1.82) is 0 Å². The van der Waals surface area contributed by atoms with Crippen LogP contribution in [0, 0.1) is 17.8 Å². The summed E-state index contributed by atoms with van der Waals surface area (Å²) >= 11 is 1.41. The van der Waals surface area contributed by atoms with Crippen molar-refractivity contribution >= 4 is 23.6 Å². The summed E-state index contributed by atoms with van der Waals surface area (Å²) in [5.41, 5.74) is 1.41. The highest BCUT2D eigenvalue weighted by atomic mass is 32.2. The summed E-state index contributed by atoms with van der Waals surface area (Å²) in [6, 6.07) is 14.8. The topological polar surface area (TPSA) is 64.6 Å². The molecule has 0 spiro atoms. The Balaban J connectivity index is 1.17. The summed E-state index contributed by atoms with van der Waals surface area (Å²) in [5, 5.41) is 3.41. The highest BCUT2D eigenvalue weighted by Gasteiger charge is 2.51. The lowest BCUT2D eigenvalue weighted by Gasteiger charge is -2.56. The van der Waals surface area contributed by atoms with E-state index in [0.717, 1.165) is 53.2 Å². The van der Waals surface area contributed by atoms with E-state index in [1.165, 1.54) is 31.0 Å². The molecule has 0 radical (unpaired) electrons. The number of amides is 1. The second-order valence-corrected chi connectivity index (χ2v) is 11.0. The number of hydrogen-bond acceptors (Lipinski definition) is 5. The van der Waals surface area contributed by atoms with Gasteiger partial charge < -0.3 is 14.8 Å². The Morgan fingerprint density at radius 2 is 1.61 bits per heavy atom. The third kappa shape index (κ3) is 5.06. The van der Waals surface area contributed by atoms with Crippen LogP contribution in [0.25, 0.3) is 0 Å². The molecule has 33 heavy (non-hydrogen) atoms. The second kappa shape index (κ2) is 9.41. The van der Waals surface area contributed by atoms with E-state index in [1.807, 2.05) is 42.5 Å². The Hall–Kier alpha value is -2.47. The molecule has 6 heteroatoms. The minimum absolute atomic E-state index is 0.0171. The fraction of sp³-hybridized carbons (Fsp3) is 0.481. The van der Waals surface area contributed by atoms with Crippen LogP contribution in [0.15, 0.2) is 53.4 Å². The molecular weight excluding hydrogens is 434 g/mol. The van der Waals surface area contributed by atoms with Crippen molar-refractivity contribution in [3.8, 4) is 5.75 Å². The molecule has 0 aromatic heterocycles. The Bertz CT molecular complexity index is 984. The van der Waals surface area contributed by atoms with Crippen LogP contribution in [-0.2, 0) is 16.1 Å². The van der Waals surface area contributed by atoms with Gasteiger partial charge in [-0.15, -0.1) is 11.8 Å². The summed E-state index contributed by atoms with van der Waals surface area (Å²) in [6.07, 6.45) is 7.50. The van der Waals surface area contributed by atoms with Gasteiger partial charge in [-0.1, -0.05) is 24.3 Å². The number of thioether (sulfide) groups is 1. The van der Waals surface area contributed by atoms with Crippen LogP contribution < -0.4 is 10.1 Å². The fourth-order valence-corrected chi connectivity index (χ4v) is 7.29. The SMILES string of the molecule is COc1ccc(COC(=O)c2ccccc2SCC(=O)NC23CC4CC(CC(C4)C2)C3)cc1. The van der Waals surface area contributed by atoms with Crippen molar-refractivity contribution in [2.24, 2.45) is 17.8 Å². The number of esters is 1. The lowest BCUT2D eigenvalue weighted by atomic mass is 9.53. The average Bonchev–Trinajstić information content (AvgIpc) is 2.80. The quantitative estimate of drug-likeness (QED) is 0.427. The third-order valence-electron chi connectivity index (χ3n) is 7.44. The number of benzene rings is 2. The van der Waals surface area contributed by atoms with Gasteiger partial charge in [-0.05, 0) is 86.1 Å². The van der Waals surface area contributed by atoms with E-state index in [4.69, 9.17) is 9.47 Å². The van der Waals surface area contributed by atoms with E-state index in [-0.39, 0.29) is 24.0 Å². The largest absolute Gasteiger partial charge is 0.497 e. The standard InChI is InChI=1S/C27H31NO4S/c1-31-22-8-6-18(7-9-22)16-32-26(30)23-4-2-3-5-24(23)33-17-25(29)28-27-13-19-10-20(14-27)12-21(11-19)15-27/h2-9,19-21H,10-17H2,1H3,(H,28,29). The monoisotopic (exact) mass is 465 g/mol. The first kappa shape index (κ1) is 22.3. The van der Waals surface area contributed by atoms with E-state index in [2.05, 4.69) is 5.32 Å². The Morgan fingerprint density at radius 3 is 2.24 bits per heavy atom. The van der Waals surface area contributed by atoms with Crippen LogP contribution in [0.1, 0.15) is 54.4 Å². The molecule has 4 fully saturated rings. The minimum atomic E-state index is -0.379. The van der Waals surface area contributed by atoms with Crippen molar-refractivity contribution in [1.82, 2.24) is 5.32 Å². The molecule has 0 unspecified atom stereocenters. The molecule has 2 aromatic carbocycles. The molecule has 1 amide bonds. The average molecular weight is 466 g/mol. The van der Waals surface area contributed by atoms with Crippen molar-refractivity contribution < 1.29 is 19.1 Å². The zero-order chi connectivity index (χ0) is 22.8. The first-order valence-corrected chi connectivity index (χ1v) is 12.8. The van der Waals surface area contributed by atoms with Crippen LogP contribution in [0.4, 0.5) is 0 Å². The summed E-state index contributed by atoms with van der Waals surface area (Å²) in [6.45, 7) is 0.189. The molecule has 4 aliphatic rings. The van der Waals surface area contributed by atoms with E-state index < -0.39 is 0 Å². The van der Waals surface area contributed by atoms with Gasteiger partial charge in [0.2, 0.25) is 5.91 Å². The van der Waals surface area contributed by atoms with Gasteiger partial charge in [-0.2, -0.15) is 0 Å². The maximum atomic E-state index is 12.9. The summed E-state index contributed by atoms with van der Waals surface area (Å²) in [5.74, 6) is 3.16. The van der Waals surface area contributed by atoms with Gasteiger partial charge in [0.25, 0.3) is 0 Å². The number of carbonyl (C=O) groups is 2. The molecule has 4 aliphatic carbocycles. The predicted molar refractivity (Wildman–Crippen MR) is 128 cm³/mol. The van der Waals surface area contributed by atoms with Gasteiger partial charge in [-0.25, -0.2) is 4.79 Å². The second-order valence-electron chi connectivity index (χ2n) is 9.96. The number of ether oxygens (including phenoxy) is 2. The number of nitrogens with one attached hydrogen (secondary N) is 1. The van der Waals surface area contributed by atoms with Gasteiger partial charge in [-0.3, -0.25) is 4.79 Å². The van der Waals surface area contributed by atoms with E-state index in [1.54, 1.807) is 13.2 Å². The molecule has 6 rings (SSSR count). The van der Waals surface area contributed by atoms with Crippen LogP contribution in [0.5, 0.6) is 5.75 Å². The highest BCUT2D eigenvalue weighted by Crippen LogP contribution is 2.55. The van der Waals surface area contributed by atoms with Crippen LogP contribution in [-0.4, -0.2) is 30.3 Å². The summed E-state index contributed by atoms with van der Waals surface area (Å²) in [7, 11) is 1.62. The molecule has 0 aliphatic heterocycles. The Kier molecular flexibility index (Phi) is 6.37. The van der Waals surface area contributed by atoms with Gasteiger partial charge in [0.1, 0.15) is 12.4 Å². The maximum Gasteiger partial charge on any atom is 0.339 e. The molecule has 0 heterocycles. The molecule has 2 aromatic rings. The van der Waals surface area contributed by atoms with Crippen molar-refractivity contribution in [2.75, 3.05) is 12.9 Å². The smallest absolute Gasteiger partial charge is 0.339 e. The summed E-state index contributed by atoms with van der Waals surface area (Å²) < 4.78 is 10.7. The molecule has 174 valence electrons. The lowest BCUT2D eigenvalue weighted by Crippen LogP contribution is -2.60. The van der Waals surface area contributed by atoms with Gasteiger partial charge in [0.05, 0.1) is 18.4 Å². The van der Waals surface area contributed by atoms with E-state index >= 15 is 0 Å². The van der Waals surface area contributed by atoms with Crippen molar-refractivity contribution in [2.45, 2.75) is 55.6 Å². The summed E-state index contributed by atoms with van der Waals surface area (Å²) in [4.78, 5) is 26.4. The minimum Gasteiger partial charge on any atom is -0.497 e. The molecule has 5 nitrogen and oxygen atoms in total. The van der Waals surface area contributed by atoms with Crippen molar-refractivity contribution in [3.63, 3.8) is 0 Å². The number of hydrogen-bond donors (Lipinski definition) is 1. The van der Waals surface area contributed by atoms with Crippen molar-refractivity contribution in [3.05, 3.63) is 59.7 Å².